The van der Waals surface area contributed by atoms with Crippen LogP contribution in [-0.4, -0.2) is 16.8 Å². The predicted octanol–water partition coefficient (Wildman–Crippen LogP) is 0.322. The molecule has 5 heteroatoms. The van der Waals surface area contributed by atoms with Crippen molar-refractivity contribution < 1.29 is 4.79 Å². The highest BCUT2D eigenvalue weighted by molar-refractivity contribution is 8.14. The zero-order chi connectivity index (χ0) is 6.69. The number of carbonyl (C=O) groups excluding carboxylic acids is 1. The van der Waals surface area contributed by atoms with Gasteiger partial charge in [0.15, 0.2) is 0 Å². The van der Waals surface area contributed by atoms with Crippen molar-refractivity contribution in [2.24, 2.45) is 4.99 Å². The zero-order valence-corrected chi connectivity index (χ0v) is 5.23. The van der Waals surface area contributed by atoms with E-state index in [0.29, 0.717) is 11.6 Å². The van der Waals surface area contributed by atoms with E-state index >= 15 is 0 Å². The molecule has 0 atom stereocenters. The van der Waals surface area contributed by atoms with Crippen LogP contribution in [0.2, 0.25) is 0 Å². The number of aliphatic imine (C=N–C) groups is 1. The zero-order valence-electron chi connectivity index (χ0n) is 4.42. The molecule has 0 unspecified atom stereocenters. The summed E-state index contributed by atoms with van der Waals surface area (Å²) >= 11 is 1.11. The number of amides is 1. The Hall–Kier alpha value is -1.02. The van der Waals surface area contributed by atoms with Crippen LogP contribution in [0.4, 0.5) is 4.79 Å². The number of thioether (sulfide) groups is 1. The first-order valence-electron chi connectivity index (χ1n) is 2.22. The molecule has 0 radical (unpaired) electrons. The molecule has 1 fully saturated rings. The van der Waals surface area contributed by atoms with Gasteiger partial charge < -0.3 is 5.32 Å². The molecule has 0 bridgehead atoms. The van der Waals surface area contributed by atoms with Gasteiger partial charge in [0.25, 0.3) is 5.24 Å². The molecule has 0 aliphatic carbocycles. The van der Waals surface area contributed by atoms with E-state index in [9.17, 15) is 4.79 Å². The number of hydrogen-bond donors (Lipinski definition) is 1. The van der Waals surface area contributed by atoms with Crippen molar-refractivity contribution in [3.63, 3.8) is 0 Å². The summed E-state index contributed by atoms with van der Waals surface area (Å²) in [6, 6.07) is 0. The number of nitrogens with one attached hydrogen (secondary N) is 1. The molecular formula is C4H3N3OS. The molecule has 0 aromatic heterocycles. The van der Waals surface area contributed by atoms with Crippen LogP contribution >= 0.6 is 11.8 Å². The smallest absolute Gasteiger partial charge is 0.284 e. The summed E-state index contributed by atoms with van der Waals surface area (Å²) in [5.74, 6) is 0.944. The number of nitriles is 1. The lowest BCUT2D eigenvalue weighted by Crippen LogP contribution is -2.18. The predicted molar refractivity (Wildman–Crippen MR) is 34.0 cm³/mol. The third kappa shape index (κ3) is 1.44. The maximum atomic E-state index is 10.4. The molecule has 0 saturated carbocycles. The van der Waals surface area contributed by atoms with Gasteiger partial charge in [0.2, 0.25) is 6.19 Å². The third-order valence-corrected chi connectivity index (χ3v) is 1.55. The lowest BCUT2D eigenvalue weighted by Gasteiger charge is -1.84. The van der Waals surface area contributed by atoms with Gasteiger partial charge in [-0.1, -0.05) is 11.8 Å². The Kier molecular flexibility index (Phi) is 1.70. The van der Waals surface area contributed by atoms with E-state index < -0.39 is 0 Å². The van der Waals surface area contributed by atoms with Crippen LogP contribution in [0, 0.1) is 11.5 Å². The summed E-state index contributed by atoms with van der Waals surface area (Å²) in [7, 11) is 0. The average molecular weight is 141 g/mol. The monoisotopic (exact) mass is 141 g/mol. The Bertz CT molecular complexity index is 204. The molecule has 1 amide bonds. The first-order chi connectivity index (χ1) is 4.33. The van der Waals surface area contributed by atoms with E-state index in [1.807, 2.05) is 0 Å². The second kappa shape index (κ2) is 2.51. The second-order valence-electron chi connectivity index (χ2n) is 1.36. The normalized spacial score (nSPS) is 21.7. The van der Waals surface area contributed by atoms with Crippen molar-refractivity contribution in [3.05, 3.63) is 0 Å². The quantitative estimate of drug-likeness (QED) is 0.494. The molecule has 1 heterocycles. The van der Waals surface area contributed by atoms with Crippen molar-refractivity contribution in [1.82, 2.24) is 5.32 Å². The fraction of sp³-hybridized carbons (Fsp3) is 0.250. The van der Waals surface area contributed by atoms with E-state index in [1.165, 1.54) is 0 Å². The summed E-state index contributed by atoms with van der Waals surface area (Å²) < 4.78 is 0. The van der Waals surface area contributed by atoms with Gasteiger partial charge in [0.1, 0.15) is 5.84 Å². The van der Waals surface area contributed by atoms with E-state index in [4.69, 9.17) is 5.26 Å². The molecule has 1 aliphatic rings. The average Bonchev–Trinajstić information content (AvgIpc) is 2.17. The molecule has 46 valence electrons. The van der Waals surface area contributed by atoms with Gasteiger partial charge in [-0.15, -0.1) is 0 Å². The van der Waals surface area contributed by atoms with Crippen molar-refractivity contribution in [1.29, 1.82) is 5.26 Å². The van der Waals surface area contributed by atoms with Crippen LogP contribution in [0.5, 0.6) is 0 Å². The third-order valence-electron chi connectivity index (χ3n) is 0.771. The Morgan fingerprint density at radius 2 is 2.67 bits per heavy atom. The Morgan fingerprint density at radius 1 is 1.89 bits per heavy atom. The summed E-state index contributed by atoms with van der Waals surface area (Å²) in [5, 5.41) is 10.3. The minimum atomic E-state index is -0.135. The van der Waals surface area contributed by atoms with E-state index in [-0.39, 0.29) is 5.24 Å². The number of nitrogens with zero attached hydrogens (tertiary/aromatic N) is 2. The van der Waals surface area contributed by atoms with Gasteiger partial charge in [-0.3, -0.25) is 4.79 Å². The fourth-order valence-corrected chi connectivity index (χ4v) is 1.04. The number of hydrogen-bond acceptors (Lipinski definition) is 4. The van der Waals surface area contributed by atoms with E-state index in [2.05, 4.69) is 10.3 Å². The second-order valence-corrected chi connectivity index (χ2v) is 2.31. The molecule has 0 aromatic carbocycles. The SMILES string of the molecule is N#CN=C1CSC(=O)N1. The largest absolute Gasteiger partial charge is 0.303 e. The topological polar surface area (TPSA) is 65.2 Å². The summed E-state index contributed by atoms with van der Waals surface area (Å²) in [5.41, 5.74) is 0. The molecule has 1 saturated heterocycles. The lowest BCUT2D eigenvalue weighted by molar-refractivity contribution is 0.265. The van der Waals surface area contributed by atoms with Crippen LogP contribution in [0.15, 0.2) is 4.99 Å². The van der Waals surface area contributed by atoms with E-state index in [0.717, 1.165) is 11.8 Å². The van der Waals surface area contributed by atoms with E-state index in [1.54, 1.807) is 6.19 Å². The van der Waals surface area contributed by atoms with Gasteiger partial charge >= 0.3 is 0 Å². The summed E-state index contributed by atoms with van der Waals surface area (Å²) in [6.45, 7) is 0. The molecule has 1 rings (SSSR count). The first kappa shape index (κ1) is 6.11. The van der Waals surface area contributed by atoms with Crippen LogP contribution in [0.3, 0.4) is 0 Å². The molecule has 9 heavy (non-hydrogen) atoms. The molecule has 4 nitrogen and oxygen atoms in total. The molecule has 0 aromatic rings. The van der Waals surface area contributed by atoms with Crippen LogP contribution in [-0.2, 0) is 0 Å². The Balaban J connectivity index is 2.60. The molecule has 1 N–H and O–H groups in total. The Morgan fingerprint density at radius 3 is 3.11 bits per heavy atom. The van der Waals surface area contributed by atoms with Crippen molar-refractivity contribution in [3.8, 4) is 6.19 Å². The molecule has 0 spiro atoms. The van der Waals surface area contributed by atoms with Gasteiger partial charge in [0, 0.05) is 0 Å². The van der Waals surface area contributed by atoms with Gasteiger partial charge in [0.05, 0.1) is 5.75 Å². The number of rotatable bonds is 0. The van der Waals surface area contributed by atoms with Gasteiger partial charge in [-0.05, 0) is 0 Å². The molecule has 1 aliphatic heterocycles. The highest BCUT2D eigenvalue weighted by atomic mass is 32.2. The number of carbonyl (C=O) groups is 1. The summed E-state index contributed by atoms with van der Waals surface area (Å²) in [4.78, 5) is 13.7. The van der Waals surface area contributed by atoms with Crippen molar-refractivity contribution in [2.75, 3.05) is 5.75 Å². The van der Waals surface area contributed by atoms with Crippen LogP contribution < -0.4 is 5.32 Å². The minimum absolute atomic E-state index is 0.135. The Labute approximate surface area is 56.0 Å². The van der Waals surface area contributed by atoms with Crippen LogP contribution in [0.25, 0.3) is 0 Å². The maximum absolute atomic E-state index is 10.4. The van der Waals surface area contributed by atoms with Crippen LogP contribution in [0.1, 0.15) is 0 Å². The van der Waals surface area contributed by atoms with Gasteiger partial charge in [-0.25, -0.2) is 0 Å². The maximum Gasteiger partial charge on any atom is 0.284 e. The lowest BCUT2D eigenvalue weighted by atomic mass is 10.7. The first-order valence-corrected chi connectivity index (χ1v) is 3.21. The standard InChI is InChI=1S/C4H3N3OS/c5-2-6-3-1-9-4(8)7-3/h1H2,(H,6,7,8). The highest BCUT2D eigenvalue weighted by Gasteiger charge is 2.15. The van der Waals surface area contributed by atoms with Crippen molar-refractivity contribution in [2.45, 2.75) is 0 Å². The minimum Gasteiger partial charge on any atom is -0.303 e. The van der Waals surface area contributed by atoms with Gasteiger partial charge in [-0.2, -0.15) is 10.3 Å². The van der Waals surface area contributed by atoms with Crippen molar-refractivity contribution >= 4 is 22.8 Å². The molecular weight excluding hydrogens is 138 g/mol. The highest BCUT2D eigenvalue weighted by Crippen LogP contribution is 2.07. The summed E-state index contributed by atoms with van der Waals surface area (Å²) in [6.07, 6.45) is 1.59. The number of amidine groups is 1. The fourth-order valence-electron chi connectivity index (χ4n) is 0.444.